The molecule has 0 unspecified atom stereocenters. The summed E-state index contributed by atoms with van der Waals surface area (Å²) in [6, 6.07) is 5.31. The van der Waals surface area contributed by atoms with E-state index in [0.717, 1.165) is 10.0 Å². The maximum absolute atomic E-state index is 11.5. The number of aliphatic hydroxyl groups is 1. The summed E-state index contributed by atoms with van der Waals surface area (Å²) in [5, 5.41) is 13.3. The summed E-state index contributed by atoms with van der Waals surface area (Å²) in [6.07, 6.45) is 0. The Labute approximate surface area is 107 Å². The quantitative estimate of drug-likeness (QED) is 0.723. The Balaban J connectivity index is 2.68. The first-order valence-electron chi connectivity index (χ1n) is 5.01. The molecule has 0 saturated heterocycles. The molecule has 1 aromatic carbocycles. The van der Waals surface area contributed by atoms with Crippen LogP contribution in [0.15, 0.2) is 22.7 Å². The zero-order valence-electron chi connectivity index (χ0n) is 9.29. The minimum absolute atomic E-state index is 0.0592. The lowest BCUT2D eigenvalue weighted by Crippen LogP contribution is -2.36. The van der Waals surface area contributed by atoms with Gasteiger partial charge in [-0.15, -0.1) is 0 Å². The van der Waals surface area contributed by atoms with Gasteiger partial charge in [0.05, 0.1) is 6.61 Å². The number of carbonyl (C=O) groups excluding carboxylic acids is 2. The van der Waals surface area contributed by atoms with Crippen molar-refractivity contribution in [2.75, 3.05) is 18.5 Å². The van der Waals surface area contributed by atoms with Gasteiger partial charge in [-0.2, -0.15) is 0 Å². The number of hydrogen-bond donors (Lipinski definition) is 3. The van der Waals surface area contributed by atoms with E-state index in [1.165, 1.54) is 0 Å². The number of halogens is 1. The molecule has 0 heterocycles. The standard InChI is InChI=1S/C11H13BrN2O3/c1-7-8(12)3-2-4-9(7)14-11(17)10(16)13-5-6-15/h2-4,15H,5-6H2,1H3,(H,13,16)(H,14,17). The molecule has 0 fully saturated rings. The van der Waals surface area contributed by atoms with Gasteiger partial charge in [0, 0.05) is 16.7 Å². The molecule has 0 aliphatic carbocycles. The summed E-state index contributed by atoms with van der Waals surface area (Å²) in [6.45, 7) is 1.68. The van der Waals surface area contributed by atoms with Crippen molar-refractivity contribution in [1.29, 1.82) is 0 Å². The van der Waals surface area contributed by atoms with Crippen molar-refractivity contribution >= 4 is 33.4 Å². The fraction of sp³-hybridized carbons (Fsp3) is 0.273. The normalized spacial score (nSPS) is 9.82. The third-order valence-corrected chi connectivity index (χ3v) is 2.98. The number of hydrogen-bond acceptors (Lipinski definition) is 3. The van der Waals surface area contributed by atoms with Crippen LogP contribution in [0.1, 0.15) is 5.56 Å². The van der Waals surface area contributed by atoms with Crippen molar-refractivity contribution in [1.82, 2.24) is 5.32 Å². The fourth-order valence-electron chi connectivity index (χ4n) is 1.17. The second-order valence-electron chi connectivity index (χ2n) is 3.35. The topological polar surface area (TPSA) is 78.4 Å². The first kappa shape index (κ1) is 13.7. The minimum Gasteiger partial charge on any atom is -0.395 e. The lowest BCUT2D eigenvalue weighted by atomic mass is 10.2. The molecule has 0 saturated carbocycles. The van der Waals surface area contributed by atoms with Gasteiger partial charge in [-0.25, -0.2) is 0 Å². The maximum atomic E-state index is 11.5. The smallest absolute Gasteiger partial charge is 0.313 e. The summed E-state index contributed by atoms with van der Waals surface area (Å²) in [7, 11) is 0. The highest BCUT2D eigenvalue weighted by molar-refractivity contribution is 9.10. The molecule has 0 atom stereocenters. The fourth-order valence-corrected chi connectivity index (χ4v) is 1.54. The molecule has 2 amide bonds. The van der Waals surface area contributed by atoms with E-state index in [4.69, 9.17) is 5.11 Å². The maximum Gasteiger partial charge on any atom is 0.313 e. The largest absolute Gasteiger partial charge is 0.395 e. The predicted octanol–water partition coefficient (Wildman–Crippen LogP) is 0.805. The number of amides is 2. The van der Waals surface area contributed by atoms with Crippen molar-refractivity contribution < 1.29 is 14.7 Å². The minimum atomic E-state index is -0.765. The summed E-state index contributed by atoms with van der Waals surface area (Å²) in [4.78, 5) is 22.7. The van der Waals surface area contributed by atoms with Gasteiger partial charge in [-0.1, -0.05) is 22.0 Å². The summed E-state index contributed by atoms with van der Waals surface area (Å²) in [5.41, 5.74) is 1.42. The SMILES string of the molecule is Cc1c(Br)cccc1NC(=O)C(=O)NCCO. The average molecular weight is 301 g/mol. The zero-order valence-corrected chi connectivity index (χ0v) is 10.9. The lowest BCUT2D eigenvalue weighted by molar-refractivity contribution is -0.136. The van der Waals surface area contributed by atoms with E-state index < -0.39 is 11.8 Å². The van der Waals surface area contributed by atoms with Gasteiger partial charge >= 0.3 is 11.8 Å². The Morgan fingerprint density at radius 1 is 1.35 bits per heavy atom. The Hall–Kier alpha value is -1.40. The van der Waals surface area contributed by atoms with Crippen LogP contribution < -0.4 is 10.6 Å². The molecule has 1 rings (SSSR count). The summed E-state index contributed by atoms with van der Waals surface area (Å²) in [5.74, 6) is -1.52. The van der Waals surface area contributed by atoms with Crippen LogP contribution in [0.3, 0.4) is 0 Å². The van der Waals surface area contributed by atoms with Crippen molar-refractivity contribution in [3.8, 4) is 0 Å². The molecule has 92 valence electrons. The summed E-state index contributed by atoms with van der Waals surface area (Å²) < 4.78 is 0.853. The molecular weight excluding hydrogens is 288 g/mol. The molecule has 0 bridgehead atoms. The molecule has 17 heavy (non-hydrogen) atoms. The van der Waals surface area contributed by atoms with Crippen LogP contribution in [0.2, 0.25) is 0 Å². The Morgan fingerprint density at radius 2 is 2.06 bits per heavy atom. The number of benzene rings is 1. The lowest BCUT2D eigenvalue weighted by Gasteiger charge is -2.09. The number of anilines is 1. The third-order valence-electron chi connectivity index (χ3n) is 2.12. The Kier molecular flexibility index (Phi) is 5.11. The van der Waals surface area contributed by atoms with Crippen LogP contribution in [0.25, 0.3) is 0 Å². The molecule has 0 aromatic heterocycles. The monoisotopic (exact) mass is 300 g/mol. The average Bonchev–Trinajstić information content (AvgIpc) is 2.31. The van der Waals surface area contributed by atoms with Crippen molar-refractivity contribution in [2.45, 2.75) is 6.92 Å². The number of nitrogens with one attached hydrogen (secondary N) is 2. The van der Waals surface area contributed by atoms with Gasteiger partial charge in [0.1, 0.15) is 0 Å². The van der Waals surface area contributed by atoms with Gasteiger partial charge in [-0.3, -0.25) is 9.59 Å². The molecule has 1 aromatic rings. The molecule has 0 radical (unpaired) electrons. The van der Waals surface area contributed by atoms with Crippen molar-refractivity contribution in [3.63, 3.8) is 0 Å². The molecule has 0 aliphatic heterocycles. The highest BCUT2D eigenvalue weighted by atomic mass is 79.9. The van der Waals surface area contributed by atoms with E-state index >= 15 is 0 Å². The van der Waals surface area contributed by atoms with Gasteiger partial charge in [0.2, 0.25) is 0 Å². The van der Waals surface area contributed by atoms with Crippen LogP contribution in [0.4, 0.5) is 5.69 Å². The van der Waals surface area contributed by atoms with E-state index in [-0.39, 0.29) is 13.2 Å². The molecule has 6 heteroatoms. The molecule has 0 spiro atoms. The molecule has 0 aliphatic rings. The van der Waals surface area contributed by atoms with Crippen LogP contribution in [0.5, 0.6) is 0 Å². The van der Waals surface area contributed by atoms with Gasteiger partial charge in [0.15, 0.2) is 0 Å². The van der Waals surface area contributed by atoms with Crippen molar-refractivity contribution in [2.24, 2.45) is 0 Å². The van der Waals surface area contributed by atoms with Crippen molar-refractivity contribution in [3.05, 3.63) is 28.2 Å². The summed E-state index contributed by atoms with van der Waals surface area (Å²) >= 11 is 3.33. The Morgan fingerprint density at radius 3 is 2.71 bits per heavy atom. The zero-order chi connectivity index (χ0) is 12.8. The first-order valence-corrected chi connectivity index (χ1v) is 5.80. The van der Waals surface area contributed by atoms with E-state index in [2.05, 4.69) is 26.6 Å². The third kappa shape index (κ3) is 3.83. The van der Waals surface area contributed by atoms with Gasteiger partial charge in [0.25, 0.3) is 0 Å². The highest BCUT2D eigenvalue weighted by Crippen LogP contribution is 2.23. The highest BCUT2D eigenvalue weighted by Gasteiger charge is 2.14. The van der Waals surface area contributed by atoms with Gasteiger partial charge in [-0.05, 0) is 24.6 Å². The van der Waals surface area contributed by atoms with Crippen LogP contribution >= 0.6 is 15.9 Å². The number of aliphatic hydroxyl groups excluding tert-OH is 1. The predicted molar refractivity (Wildman–Crippen MR) is 67.6 cm³/mol. The Bertz CT molecular complexity index is 435. The van der Waals surface area contributed by atoms with Crippen LogP contribution in [0, 0.1) is 6.92 Å². The first-order chi connectivity index (χ1) is 8.06. The number of carbonyl (C=O) groups is 2. The van der Waals surface area contributed by atoms with E-state index in [1.54, 1.807) is 12.1 Å². The molecule has 5 nitrogen and oxygen atoms in total. The van der Waals surface area contributed by atoms with E-state index in [9.17, 15) is 9.59 Å². The van der Waals surface area contributed by atoms with E-state index in [1.807, 2.05) is 13.0 Å². The molecule has 3 N–H and O–H groups in total. The van der Waals surface area contributed by atoms with Crippen LogP contribution in [-0.4, -0.2) is 30.1 Å². The van der Waals surface area contributed by atoms with Gasteiger partial charge < -0.3 is 15.7 Å². The number of rotatable bonds is 3. The second kappa shape index (κ2) is 6.36. The van der Waals surface area contributed by atoms with E-state index in [0.29, 0.717) is 5.69 Å². The second-order valence-corrected chi connectivity index (χ2v) is 4.20. The molecular formula is C11H13BrN2O3. The van der Waals surface area contributed by atoms with Crippen LogP contribution in [-0.2, 0) is 9.59 Å².